The van der Waals surface area contributed by atoms with E-state index in [1.165, 1.54) is 11.1 Å². The largest absolute Gasteiger partial charge is 0.341 e. The Hall–Kier alpha value is -1.92. The van der Waals surface area contributed by atoms with Crippen LogP contribution >= 0.6 is 0 Å². The van der Waals surface area contributed by atoms with Gasteiger partial charge in [0.05, 0.1) is 4.92 Å². The first-order valence-corrected chi connectivity index (χ1v) is 7.47. The number of nitrogens with zero attached hydrogens (tertiary/aromatic N) is 4. The monoisotopic (exact) mass is 294 g/mol. The summed E-state index contributed by atoms with van der Waals surface area (Å²) in [7, 11) is 0. The van der Waals surface area contributed by atoms with Gasteiger partial charge in [-0.15, -0.1) is 0 Å². The fourth-order valence-electron chi connectivity index (χ4n) is 2.83. The molecule has 2 heterocycles. The smallest absolute Gasteiger partial charge is 0.312 e. The van der Waals surface area contributed by atoms with Crippen LogP contribution < -0.4 is 0 Å². The minimum atomic E-state index is -0.436. The lowest BCUT2D eigenvalue weighted by Crippen LogP contribution is -2.36. The molecule has 7 heteroatoms. The van der Waals surface area contributed by atoms with Gasteiger partial charge in [-0.05, 0) is 26.7 Å². The number of hydrogen-bond acceptors (Lipinski definition) is 4. The molecule has 1 aliphatic heterocycles. The van der Waals surface area contributed by atoms with Gasteiger partial charge in [0.2, 0.25) is 5.91 Å². The van der Waals surface area contributed by atoms with Crippen LogP contribution in [0.4, 0.5) is 5.69 Å². The molecule has 0 N–H and O–H groups in total. The molecule has 21 heavy (non-hydrogen) atoms. The van der Waals surface area contributed by atoms with Crippen molar-refractivity contribution in [2.24, 2.45) is 0 Å². The number of rotatable bonds is 3. The zero-order valence-electron chi connectivity index (χ0n) is 12.7. The Balaban J connectivity index is 2.08. The summed E-state index contributed by atoms with van der Waals surface area (Å²) in [6.07, 6.45) is 5.63. The Bertz CT molecular complexity index is 531. The third-order valence-electron chi connectivity index (χ3n) is 4.02. The van der Waals surface area contributed by atoms with Gasteiger partial charge in [-0.25, -0.2) is 0 Å². The zero-order valence-corrected chi connectivity index (χ0v) is 12.7. The third-order valence-corrected chi connectivity index (χ3v) is 4.02. The summed E-state index contributed by atoms with van der Waals surface area (Å²) >= 11 is 0. The highest BCUT2D eigenvalue weighted by Gasteiger charge is 2.24. The molecule has 1 fully saturated rings. The molecule has 0 saturated carbocycles. The van der Waals surface area contributed by atoms with Crippen LogP contribution in [0.5, 0.6) is 0 Å². The Morgan fingerprint density at radius 3 is 2.29 bits per heavy atom. The predicted molar refractivity (Wildman–Crippen MR) is 78.0 cm³/mol. The number of nitro groups is 1. The van der Waals surface area contributed by atoms with Gasteiger partial charge in [0.25, 0.3) is 0 Å². The Kier molecular flexibility index (Phi) is 4.93. The van der Waals surface area contributed by atoms with Crippen LogP contribution in [0, 0.1) is 24.0 Å². The van der Waals surface area contributed by atoms with Crippen LogP contribution in [0.15, 0.2) is 0 Å². The second kappa shape index (κ2) is 6.69. The van der Waals surface area contributed by atoms with Gasteiger partial charge in [-0.2, -0.15) is 5.10 Å². The molecule has 2 rings (SSSR count). The van der Waals surface area contributed by atoms with E-state index in [1.54, 1.807) is 13.8 Å². The molecule has 1 amide bonds. The van der Waals surface area contributed by atoms with E-state index in [-0.39, 0.29) is 18.1 Å². The van der Waals surface area contributed by atoms with Gasteiger partial charge in [0.15, 0.2) is 0 Å². The maximum Gasteiger partial charge on any atom is 0.312 e. The van der Waals surface area contributed by atoms with E-state index in [2.05, 4.69) is 5.10 Å². The lowest BCUT2D eigenvalue weighted by atomic mass is 10.1. The molecule has 0 spiro atoms. The standard InChI is InChI=1S/C14H22N4O3/c1-11-14(18(20)21)12(2)17(15-11)10-13(19)16-8-6-4-3-5-7-9-16/h3-10H2,1-2H3. The van der Waals surface area contributed by atoms with Crippen LogP contribution in [0.1, 0.15) is 43.5 Å². The first kappa shape index (κ1) is 15.5. The highest BCUT2D eigenvalue weighted by molar-refractivity contribution is 5.76. The molecule has 0 aliphatic carbocycles. The number of carbonyl (C=O) groups is 1. The molecule has 1 saturated heterocycles. The summed E-state index contributed by atoms with van der Waals surface area (Å²) in [6, 6.07) is 0. The van der Waals surface area contributed by atoms with Crippen molar-refractivity contribution in [1.29, 1.82) is 0 Å². The first-order chi connectivity index (χ1) is 10.0. The van der Waals surface area contributed by atoms with Crippen molar-refractivity contribution in [2.45, 2.75) is 52.5 Å². The number of likely N-dealkylation sites (tertiary alicyclic amines) is 1. The molecule has 1 aliphatic rings. The summed E-state index contributed by atoms with van der Waals surface area (Å²) in [4.78, 5) is 24.8. The summed E-state index contributed by atoms with van der Waals surface area (Å²) in [5.74, 6) is -0.00241. The number of amides is 1. The molecule has 0 unspecified atom stereocenters. The second-order valence-electron chi connectivity index (χ2n) is 5.58. The molecule has 116 valence electrons. The highest BCUT2D eigenvalue weighted by Crippen LogP contribution is 2.22. The van der Waals surface area contributed by atoms with Crippen LogP contribution in [0.3, 0.4) is 0 Å². The third kappa shape index (κ3) is 3.59. The van der Waals surface area contributed by atoms with Crippen molar-refractivity contribution in [3.05, 3.63) is 21.5 Å². The lowest BCUT2D eigenvalue weighted by Gasteiger charge is -2.24. The van der Waals surface area contributed by atoms with Gasteiger partial charge >= 0.3 is 5.69 Å². The van der Waals surface area contributed by atoms with Crippen molar-refractivity contribution < 1.29 is 9.72 Å². The molecular weight excluding hydrogens is 272 g/mol. The van der Waals surface area contributed by atoms with E-state index in [0.717, 1.165) is 38.8 Å². The van der Waals surface area contributed by atoms with Crippen LogP contribution in [0.25, 0.3) is 0 Å². The summed E-state index contributed by atoms with van der Waals surface area (Å²) in [5, 5.41) is 15.1. The maximum atomic E-state index is 12.4. The van der Waals surface area contributed by atoms with Crippen molar-refractivity contribution in [1.82, 2.24) is 14.7 Å². The summed E-state index contributed by atoms with van der Waals surface area (Å²) in [6.45, 7) is 4.88. The van der Waals surface area contributed by atoms with E-state index >= 15 is 0 Å². The molecule has 1 aromatic rings. The fraction of sp³-hybridized carbons (Fsp3) is 0.714. The molecule has 7 nitrogen and oxygen atoms in total. The van der Waals surface area contributed by atoms with E-state index in [9.17, 15) is 14.9 Å². The molecule has 0 radical (unpaired) electrons. The Morgan fingerprint density at radius 2 is 1.76 bits per heavy atom. The van der Waals surface area contributed by atoms with Gasteiger partial charge < -0.3 is 4.90 Å². The van der Waals surface area contributed by atoms with Crippen molar-refractivity contribution in [3.63, 3.8) is 0 Å². The van der Waals surface area contributed by atoms with Gasteiger partial charge in [-0.1, -0.05) is 19.3 Å². The summed E-state index contributed by atoms with van der Waals surface area (Å²) in [5.41, 5.74) is 0.811. The van der Waals surface area contributed by atoms with Gasteiger partial charge in [-0.3, -0.25) is 19.6 Å². The number of aryl methyl sites for hydroxylation is 1. The van der Waals surface area contributed by atoms with Gasteiger partial charge in [0, 0.05) is 13.1 Å². The molecular formula is C14H22N4O3. The Morgan fingerprint density at radius 1 is 1.19 bits per heavy atom. The number of carbonyl (C=O) groups excluding carboxylic acids is 1. The van der Waals surface area contributed by atoms with E-state index in [0.29, 0.717) is 11.4 Å². The molecule has 0 bridgehead atoms. The minimum Gasteiger partial charge on any atom is -0.341 e. The van der Waals surface area contributed by atoms with Crippen molar-refractivity contribution in [3.8, 4) is 0 Å². The molecule has 0 atom stereocenters. The normalized spacial score (nSPS) is 16.4. The van der Waals surface area contributed by atoms with Crippen molar-refractivity contribution in [2.75, 3.05) is 13.1 Å². The van der Waals surface area contributed by atoms with E-state index < -0.39 is 4.92 Å². The Labute approximate surface area is 124 Å². The number of hydrogen-bond donors (Lipinski definition) is 0. The van der Waals surface area contributed by atoms with Gasteiger partial charge in [0.1, 0.15) is 17.9 Å². The molecule has 0 aromatic carbocycles. The minimum absolute atomic E-state index is 0.00241. The van der Waals surface area contributed by atoms with E-state index in [4.69, 9.17) is 0 Å². The predicted octanol–water partition coefficient (Wildman–Crippen LogP) is 2.20. The topological polar surface area (TPSA) is 81.3 Å². The lowest BCUT2D eigenvalue weighted by molar-refractivity contribution is -0.386. The van der Waals surface area contributed by atoms with E-state index in [1.807, 2.05) is 4.90 Å². The fourth-order valence-corrected chi connectivity index (χ4v) is 2.83. The highest BCUT2D eigenvalue weighted by atomic mass is 16.6. The van der Waals surface area contributed by atoms with Crippen molar-refractivity contribution >= 4 is 11.6 Å². The van der Waals surface area contributed by atoms with Crippen LogP contribution in [0.2, 0.25) is 0 Å². The average Bonchev–Trinajstić information content (AvgIpc) is 2.63. The maximum absolute atomic E-state index is 12.4. The molecule has 1 aromatic heterocycles. The second-order valence-corrected chi connectivity index (χ2v) is 5.58. The summed E-state index contributed by atoms with van der Waals surface area (Å²) < 4.78 is 1.45. The quantitative estimate of drug-likeness (QED) is 0.632. The SMILES string of the molecule is Cc1nn(CC(=O)N2CCCCCCC2)c(C)c1[N+](=O)[O-]. The first-order valence-electron chi connectivity index (χ1n) is 7.47. The zero-order chi connectivity index (χ0) is 15.4. The average molecular weight is 294 g/mol. The number of aromatic nitrogens is 2. The van der Waals surface area contributed by atoms with Crippen LogP contribution in [-0.2, 0) is 11.3 Å². The van der Waals surface area contributed by atoms with Crippen LogP contribution in [-0.4, -0.2) is 38.6 Å².